The first-order valence-electron chi connectivity index (χ1n) is 6.12. The van der Waals surface area contributed by atoms with Crippen LogP contribution in [0.2, 0.25) is 0 Å². The van der Waals surface area contributed by atoms with Crippen molar-refractivity contribution in [1.29, 1.82) is 0 Å². The first kappa shape index (κ1) is 13.9. The fourth-order valence-electron chi connectivity index (χ4n) is 2.07. The predicted molar refractivity (Wildman–Crippen MR) is 63.5 cm³/mol. The molecule has 1 heterocycles. The van der Waals surface area contributed by atoms with Crippen LogP contribution in [0.25, 0.3) is 0 Å². The van der Waals surface area contributed by atoms with E-state index in [-0.39, 0.29) is 18.8 Å². The number of nitrogens with zero attached hydrogens (tertiary/aromatic N) is 1. The van der Waals surface area contributed by atoms with Crippen LogP contribution in [0.3, 0.4) is 0 Å². The summed E-state index contributed by atoms with van der Waals surface area (Å²) in [5, 5.41) is 9.26. The molecule has 0 radical (unpaired) electrons. The third-order valence-electron chi connectivity index (χ3n) is 3.01. The molecule has 96 valence electrons. The van der Waals surface area contributed by atoms with E-state index < -0.39 is 0 Å². The van der Waals surface area contributed by atoms with Crippen LogP contribution in [-0.4, -0.2) is 62.2 Å². The molecule has 4 heteroatoms. The van der Waals surface area contributed by atoms with Crippen LogP contribution in [0.15, 0.2) is 0 Å². The maximum absolute atomic E-state index is 9.26. The Kier molecular flexibility index (Phi) is 6.28. The highest BCUT2D eigenvalue weighted by Gasteiger charge is 2.30. The Hall–Kier alpha value is -0.160. The smallest absolute Gasteiger partial charge is 0.0714 e. The van der Waals surface area contributed by atoms with Crippen LogP contribution in [0.1, 0.15) is 20.3 Å². The van der Waals surface area contributed by atoms with Crippen molar-refractivity contribution >= 4 is 0 Å². The topological polar surface area (TPSA) is 41.9 Å². The molecule has 1 rings (SSSR count). The number of methoxy groups -OCH3 is 1. The van der Waals surface area contributed by atoms with Crippen molar-refractivity contribution in [1.82, 2.24) is 4.90 Å². The average molecular weight is 231 g/mol. The highest BCUT2D eigenvalue weighted by atomic mass is 16.5. The molecule has 16 heavy (non-hydrogen) atoms. The van der Waals surface area contributed by atoms with Crippen molar-refractivity contribution in [3.05, 3.63) is 0 Å². The molecule has 1 N–H and O–H groups in total. The van der Waals surface area contributed by atoms with Crippen LogP contribution in [-0.2, 0) is 9.47 Å². The summed E-state index contributed by atoms with van der Waals surface area (Å²) in [6, 6.07) is 0.243. The third-order valence-corrected chi connectivity index (χ3v) is 3.01. The summed E-state index contributed by atoms with van der Waals surface area (Å²) < 4.78 is 10.9. The number of aliphatic hydroxyl groups is 1. The summed E-state index contributed by atoms with van der Waals surface area (Å²) in [7, 11) is 1.73. The average Bonchev–Trinajstić information content (AvgIpc) is 2.66. The number of likely N-dealkylation sites (tertiary alicyclic amines) is 1. The molecule has 1 saturated heterocycles. The summed E-state index contributed by atoms with van der Waals surface area (Å²) in [6.45, 7) is 7.85. The second kappa shape index (κ2) is 7.22. The maximum atomic E-state index is 9.26. The van der Waals surface area contributed by atoms with Gasteiger partial charge in [-0.15, -0.1) is 0 Å². The second-order valence-corrected chi connectivity index (χ2v) is 4.89. The fourth-order valence-corrected chi connectivity index (χ4v) is 2.07. The van der Waals surface area contributed by atoms with Gasteiger partial charge in [-0.2, -0.15) is 0 Å². The molecule has 1 aliphatic rings. The summed E-state index contributed by atoms with van der Waals surface area (Å²) in [6.07, 6.45) is 1.19. The molecule has 0 saturated carbocycles. The van der Waals surface area contributed by atoms with Gasteiger partial charge in [0.1, 0.15) is 0 Å². The zero-order chi connectivity index (χ0) is 12.0. The van der Waals surface area contributed by atoms with Gasteiger partial charge in [-0.25, -0.2) is 0 Å². The van der Waals surface area contributed by atoms with Gasteiger partial charge < -0.3 is 14.6 Å². The lowest BCUT2D eigenvalue weighted by Gasteiger charge is -2.22. The molecule has 0 aromatic carbocycles. The molecule has 0 bridgehead atoms. The summed E-state index contributed by atoms with van der Waals surface area (Å²) in [5.74, 6) is 0.582. The third kappa shape index (κ3) is 4.37. The van der Waals surface area contributed by atoms with Crippen molar-refractivity contribution in [3.8, 4) is 0 Å². The summed E-state index contributed by atoms with van der Waals surface area (Å²) >= 11 is 0. The summed E-state index contributed by atoms with van der Waals surface area (Å²) in [4.78, 5) is 2.26. The van der Waals surface area contributed by atoms with E-state index in [1.165, 1.54) is 0 Å². The second-order valence-electron chi connectivity index (χ2n) is 4.89. The van der Waals surface area contributed by atoms with E-state index in [2.05, 4.69) is 18.7 Å². The van der Waals surface area contributed by atoms with E-state index in [4.69, 9.17) is 9.47 Å². The lowest BCUT2D eigenvalue weighted by Crippen LogP contribution is -2.35. The summed E-state index contributed by atoms with van der Waals surface area (Å²) in [5.41, 5.74) is 0. The van der Waals surface area contributed by atoms with E-state index in [1.54, 1.807) is 7.11 Å². The lowest BCUT2D eigenvalue weighted by molar-refractivity contribution is 0.0668. The van der Waals surface area contributed by atoms with Crippen molar-refractivity contribution in [2.75, 3.05) is 40.0 Å². The van der Waals surface area contributed by atoms with Crippen LogP contribution < -0.4 is 0 Å². The monoisotopic (exact) mass is 231 g/mol. The Morgan fingerprint density at radius 2 is 2.19 bits per heavy atom. The van der Waals surface area contributed by atoms with Crippen LogP contribution in [0.4, 0.5) is 0 Å². The molecule has 0 aromatic rings. The van der Waals surface area contributed by atoms with E-state index in [1.807, 2.05) is 0 Å². The molecule has 2 atom stereocenters. The quantitative estimate of drug-likeness (QED) is 0.656. The van der Waals surface area contributed by atoms with Gasteiger partial charge in [0.15, 0.2) is 0 Å². The molecule has 4 nitrogen and oxygen atoms in total. The number of hydrogen-bond donors (Lipinski definition) is 1. The number of ether oxygens (including phenoxy) is 2. The van der Waals surface area contributed by atoms with Gasteiger partial charge >= 0.3 is 0 Å². The largest absolute Gasteiger partial charge is 0.395 e. The minimum atomic E-state index is 0.212. The van der Waals surface area contributed by atoms with Crippen molar-refractivity contribution in [2.45, 2.75) is 32.4 Å². The Balaban J connectivity index is 2.19. The molecular formula is C12H25NO3. The van der Waals surface area contributed by atoms with E-state index in [9.17, 15) is 5.11 Å². The Morgan fingerprint density at radius 1 is 1.44 bits per heavy atom. The van der Waals surface area contributed by atoms with Gasteiger partial charge in [0.25, 0.3) is 0 Å². The zero-order valence-electron chi connectivity index (χ0n) is 10.7. The van der Waals surface area contributed by atoms with Crippen LogP contribution in [0.5, 0.6) is 0 Å². The van der Waals surface area contributed by atoms with E-state index in [0.29, 0.717) is 5.92 Å². The molecular weight excluding hydrogens is 206 g/mol. The highest BCUT2D eigenvalue weighted by molar-refractivity contribution is 4.85. The fraction of sp³-hybridized carbons (Fsp3) is 1.00. The number of aliphatic hydroxyl groups excluding tert-OH is 1. The van der Waals surface area contributed by atoms with Crippen molar-refractivity contribution < 1.29 is 14.6 Å². The normalized spacial score (nSPS) is 26.8. The molecule has 0 amide bonds. The standard InChI is InChI=1S/C12H25NO3/c1-10(2)9-16-5-4-13-7-12(15-3)6-11(13)8-14/h10-12,14H,4-9H2,1-3H3/t11-,12-/m0/s1. The Bertz CT molecular complexity index is 187. The minimum absolute atomic E-state index is 0.212. The Morgan fingerprint density at radius 3 is 2.75 bits per heavy atom. The van der Waals surface area contributed by atoms with Gasteiger partial charge in [-0.1, -0.05) is 13.8 Å². The minimum Gasteiger partial charge on any atom is -0.395 e. The van der Waals surface area contributed by atoms with Gasteiger partial charge in [0.05, 0.1) is 19.3 Å². The van der Waals surface area contributed by atoms with Crippen molar-refractivity contribution in [2.24, 2.45) is 5.92 Å². The number of hydrogen-bond acceptors (Lipinski definition) is 4. The SMILES string of the molecule is CO[C@H]1C[C@@H](CO)N(CCOCC(C)C)C1. The van der Waals surface area contributed by atoms with Gasteiger partial charge in [0.2, 0.25) is 0 Å². The van der Waals surface area contributed by atoms with Crippen LogP contribution >= 0.6 is 0 Å². The molecule has 1 fully saturated rings. The number of rotatable bonds is 7. The molecule has 0 aliphatic carbocycles. The molecule has 1 aliphatic heterocycles. The van der Waals surface area contributed by atoms with Crippen molar-refractivity contribution in [3.63, 3.8) is 0 Å². The molecule has 0 unspecified atom stereocenters. The molecule has 0 aromatic heterocycles. The van der Waals surface area contributed by atoms with E-state index >= 15 is 0 Å². The maximum Gasteiger partial charge on any atom is 0.0714 e. The van der Waals surface area contributed by atoms with Gasteiger partial charge in [0, 0.05) is 32.8 Å². The van der Waals surface area contributed by atoms with Gasteiger partial charge in [-0.3, -0.25) is 4.90 Å². The van der Waals surface area contributed by atoms with Crippen LogP contribution in [0, 0.1) is 5.92 Å². The van der Waals surface area contributed by atoms with E-state index in [0.717, 1.165) is 32.7 Å². The lowest BCUT2D eigenvalue weighted by atomic mass is 10.2. The highest BCUT2D eigenvalue weighted by Crippen LogP contribution is 2.18. The zero-order valence-corrected chi connectivity index (χ0v) is 10.7. The first-order chi connectivity index (χ1) is 7.67. The predicted octanol–water partition coefficient (Wildman–Crippen LogP) is 0.741. The first-order valence-corrected chi connectivity index (χ1v) is 6.12. The Labute approximate surface area is 98.5 Å². The van der Waals surface area contributed by atoms with Gasteiger partial charge in [-0.05, 0) is 12.3 Å². The molecule has 0 spiro atoms.